The van der Waals surface area contributed by atoms with Crippen LogP contribution in [0, 0.1) is 5.41 Å². The van der Waals surface area contributed by atoms with Crippen molar-refractivity contribution >= 4 is 34.7 Å². The monoisotopic (exact) mass is 387 g/mol. The number of nitrogens with one attached hydrogen (secondary N) is 2. The number of hydrogen-bond acceptors (Lipinski definition) is 6. The lowest BCUT2D eigenvalue weighted by molar-refractivity contribution is -0.118. The Morgan fingerprint density at radius 1 is 1.35 bits per heavy atom. The molecule has 2 aromatic heterocycles. The molecule has 4 rings (SSSR count). The summed E-state index contributed by atoms with van der Waals surface area (Å²) >= 11 is 3.08. The molecule has 0 saturated carbocycles. The maximum Gasteiger partial charge on any atom is 0.257 e. The molecular formula is C19H21N3O2S2. The largest absolute Gasteiger partial charge is 0.343 e. The number of Topliss-reactive ketones (excluding diaryl/α,β-unsaturated/α-hetero) is 1. The van der Waals surface area contributed by atoms with Crippen molar-refractivity contribution in [3.05, 3.63) is 49.6 Å². The first-order valence-corrected chi connectivity index (χ1v) is 10.6. The highest BCUT2D eigenvalue weighted by atomic mass is 32.2. The number of hydrogen-bond donors (Lipinski definition) is 2. The van der Waals surface area contributed by atoms with Gasteiger partial charge in [0.1, 0.15) is 5.82 Å². The van der Waals surface area contributed by atoms with E-state index in [2.05, 4.69) is 29.1 Å². The number of anilines is 1. The Bertz CT molecular complexity index is 958. The van der Waals surface area contributed by atoms with Crippen LogP contribution in [0.25, 0.3) is 0 Å². The Hall–Kier alpha value is -1.86. The molecule has 0 fully saturated rings. The number of ketones is 1. The van der Waals surface area contributed by atoms with Crippen LogP contribution in [-0.4, -0.2) is 21.5 Å². The van der Waals surface area contributed by atoms with Gasteiger partial charge in [-0.3, -0.25) is 9.59 Å². The minimum atomic E-state index is -0.332. The molecule has 26 heavy (non-hydrogen) atoms. The van der Waals surface area contributed by atoms with Gasteiger partial charge in [0.15, 0.2) is 10.9 Å². The van der Waals surface area contributed by atoms with Crippen LogP contribution in [0.5, 0.6) is 0 Å². The minimum Gasteiger partial charge on any atom is -0.343 e. The van der Waals surface area contributed by atoms with Crippen molar-refractivity contribution in [1.82, 2.24) is 9.97 Å². The Balaban J connectivity index is 1.94. The molecule has 3 heterocycles. The molecule has 1 aliphatic heterocycles. The second kappa shape index (κ2) is 6.39. The number of carbonyl (C=O) groups excluding carboxylic acids is 1. The van der Waals surface area contributed by atoms with E-state index in [0.717, 1.165) is 28.3 Å². The average Bonchev–Trinajstić information content (AvgIpc) is 3.06. The van der Waals surface area contributed by atoms with E-state index in [1.807, 2.05) is 24.4 Å². The van der Waals surface area contributed by atoms with Gasteiger partial charge in [0.05, 0.1) is 11.5 Å². The topological polar surface area (TPSA) is 74.8 Å². The number of H-pyrrole nitrogens is 1. The van der Waals surface area contributed by atoms with Gasteiger partial charge in [-0.25, -0.2) is 4.98 Å². The first-order valence-electron chi connectivity index (χ1n) is 8.73. The maximum absolute atomic E-state index is 13.0. The Kier molecular flexibility index (Phi) is 4.31. The van der Waals surface area contributed by atoms with Gasteiger partial charge >= 0.3 is 0 Å². The van der Waals surface area contributed by atoms with Crippen molar-refractivity contribution < 1.29 is 4.79 Å². The fraction of sp³-hybridized carbons (Fsp3) is 0.421. The summed E-state index contributed by atoms with van der Waals surface area (Å²) in [6.07, 6.45) is 1.28. The molecule has 0 unspecified atom stereocenters. The molecule has 0 spiro atoms. The lowest BCUT2D eigenvalue weighted by Crippen LogP contribution is -2.36. The van der Waals surface area contributed by atoms with Crippen LogP contribution in [0.1, 0.15) is 50.0 Å². The van der Waals surface area contributed by atoms with E-state index in [1.54, 1.807) is 11.3 Å². The second-order valence-electron chi connectivity index (χ2n) is 7.47. The smallest absolute Gasteiger partial charge is 0.257 e. The Labute approximate surface area is 160 Å². The Morgan fingerprint density at radius 3 is 2.85 bits per heavy atom. The highest BCUT2D eigenvalue weighted by molar-refractivity contribution is 7.99. The molecule has 136 valence electrons. The third-order valence-corrected chi connectivity index (χ3v) is 6.50. The first-order chi connectivity index (χ1) is 12.4. The second-order valence-corrected chi connectivity index (χ2v) is 9.70. The molecule has 1 atom stereocenters. The van der Waals surface area contributed by atoms with Gasteiger partial charge in [-0.1, -0.05) is 38.6 Å². The number of thioether (sulfide) groups is 1. The summed E-state index contributed by atoms with van der Waals surface area (Å²) in [6, 6.07) is 3.96. The van der Waals surface area contributed by atoms with Crippen LogP contribution in [-0.2, 0) is 4.79 Å². The zero-order valence-electron chi connectivity index (χ0n) is 15.0. The summed E-state index contributed by atoms with van der Waals surface area (Å²) in [6.45, 7) is 6.24. The quantitative estimate of drug-likeness (QED) is 0.611. The summed E-state index contributed by atoms with van der Waals surface area (Å²) in [5.41, 5.74) is 1.95. The molecule has 0 bridgehead atoms. The number of thiophene rings is 1. The fourth-order valence-corrected chi connectivity index (χ4v) is 5.28. The molecule has 2 aromatic rings. The van der Waals surface area contributed by atoms with E-state index >= 15 is 0 Å². The van der Waals surface area contributed by atoms with Crippen LogP contribution in [0.15, 0.2) is 38.7 Å². The lowest BCUT2D eigenvalue weighted by Gasteiger charge is -2.38. The van der Waals surface area contributed by atoms with Gasteiger partial charge in [0.2, 0.25) is 0 Å². The molecule has 0 saturated heterocycles. The molecular weight excluding hydrogens is 366 g/mol. The molecule has 2 aliphatic rings. The predicted molar refractivity (Wildman–Crippen MR) is 106 cm³/mol. The standard InChI is InChI=1S/C19H21N3O2S2/c1-4-25-18-21-16-15(17(24)22-18)14(12-6-5-7-26-12)13-10(20-16)8-19(2,3)9-11(13)23/h5-7,14H,4,8-9H2,1-3H3,(H2,20,21,22,24)/t14-/m1/s1. The number of aromatic nitrogens is 2. The molecule has 0 aromatic carbocycles. The van der Waals surface area contributed by atoms with E-state index in [0.29, 0.717) is 23.0 Å². The zero-order chi connectivity index (χ0) is 18.5. The van der Waals surface area contributed by atoms with Crippen molar-refractivity contribution in [2.75, 3.05) is 11.1 Å². The van der Waals surface area contributed by atoms with Crippen LogP contribution >= 0.6 is 23.1 Å². The van der Waals surface area contributed by atoms with Crippen LogP contribution < -0.4 is 10.9 Å². The van der Waals surface area contributed by atoms with Gasteiger partial charge in [-0.05, 0) is 29.0 Å². The van der Waals surface area contributed by atoms with Gasteiger partial charge in [-0.2, -0.15) is 0 Å². The van der Waals surface area contributed by atoms with Gasteiger partial charge in [0.25, 0.3) is 5.56 Å². The summed E-state index contributed by atoms with van der Waals surface area (Å²) in [5.74, 6) is 1.21. The van der Waals surface area contributed by atoms with E-state index in [9.17, 15) is 9.59 Å². The normalized spacial score (nSPS) is 21.2. The third-order valence-electron chi connectivity index (χ3n) is 4.81. The molecule has 0 amide bonds. The van der Waals surface area contributed by atoms with Crippen LogP contribution in [0.4, 0.5) is 5.82 Å². The number of nitrogens with zero attached hydrogens (tertiary/aromatic N) is 1. The number of rotatable bonds is 3. The number of aromatic amines is 1. The fourth-order valence-electron chi connectivity index (χ4n) is 3.84. The average molecular weight is 388 g/mol. The SMILES string of the molecule is CCSc1nc2c(c(=O)[nH]1)[C@H](c1cccs1)C1=C(CC(C)(C)CC1=O)N2. The van der Waals surface area contributed by atoms with Crippen LogP contribution in [0.2, 0.25) is 0 Å². The summed E-state index contributed by atoms with van der Waals surface area (Å²) in [5, 5.41) is 5.93. The number of carbonyl (C=O) groups is 1. The van der Waals surface area contributed by atoms with Crippen molar-refractivity contribution in [3.8, 4) is 0 Å². The van der Waals surface area contributed by atoms with Gasteiger partial charge < -0.3 is 10.3 Å². The zero-order valence-corrected chi connectivity index (χ0v) is 16.6. The minimum absolute atomic E-state index is 0.0946. The molecule has 7 heteroatoms. The van der Waals surface area contributed by atoms with Gasteiger partial charge in [0, 0.05) is 22.6 Å². The van der Waals surface area contributed by atoms with Gasteiger partial charge in [-0.15, -0.1) is 11.3 Å². The number of fused-ring (bicyclic) bond motifs is 1. The van der Waals surface area contributed by atoms with Crippen molar-refractivity contribution in [3.63, 3.8) is 0 Å². The first kappa shape index (κ1) is 17.5. The summed E-state index contributed by atoms with van der Waals surface area (Å²) < 4.78 is 0. The molecule has 0 radical (unpaired) electrons. The predicted octanol–water partition coefficient (Wildman–Crippen LogP) is 4.14. The Morgan fingerprint density at radius 2 is 2.15 bits per heavy atom. The summed E-state index contributed by atoms with van der Waals surface area (Å²) in [4.78, 5) is 34.4. The van der Waals surface area contributed by atoms with Crippen molar-refractivity contribution in [2.24, 2.45) is 5.41 Å². The van der Waals surface area contributed by atoms with Crippen molar-refractivity contribution in [2.45, 2.75) is 44.7 Å². The molecule has 2 N–H and O–H groups in total. The lowest BCUT2D eigenvalue weighted by atomic mass is 9.70. The van der Waals surface area contributed by atoms with E-state index in [-0.39, 0.29) is 22.7 Å². The molecule has 5 nitrogen and oxygen atoms in total. The van der Waals surface area contributed by atoms with E-state index < -0.39 is 0 Å². The van der Waals surface area contributed by atoms with E-state index in [1.165, 1.54) is 11.8 Å². The number of allylic oxidation sites excluding steroid dienone is 2. The third kappa shape index (κ3) is 2.93. The van der Waals surface area contributed by atoms with Crippen LogP contribution in [0.3, 0.4) is 0 Å². The molecule has 1 aliphatic carbocycles. The highest BCUT2D eigenvalue weighted by Gasteiger charge is 2.42. The highest BCUT2D eigenvalue weighted by Crippen LogP contribution is 2.48. The maximum atomic E-state index is 13.0. The summed E-state index contributed by atoms with van der Waals surface area (Å²) in [7, 11) is 0. The van der Waals surface area contributed by atoms with E-state index in [4.69, 9.17) is 0 Å². The van der Waals surface area contributed by atoms with Crippen molar-refractivity contribution in [1.29, 1.82) is 0 Å².